The second-order valence-electron chi connectivity index (χ2n) is 5.70. The molecule has 28 heavy (non-hydrogen) atoms. The highest BCUT2D eigenvalue weighted by molar-refractivity contribution is 7.92. The molecule has 9 heteroatoms. The SMILES string of the molecule is O=C(Nc1ccc(F)c(Cl)c1)c1ccc(NS(=O)(=O)c2ccccc2)cc1Cl. The first-order chi connectivity index (χ1) is 13.3. The number of nitrogens with one attached hydrogen (secondary N) is 2. The van der Waals surface area contributed by atoms with Crippen LogP contribution in [-0.2, 0) is 10.0 Å². The average Bonchev–Trinajstić information content (AvgIpc) is 2.65. The first-order valence-corrected chi connectivity index (χ1v) is 10.1. The maximum atomic E-state index is 13.2. The monoisotopic (exact) mass is 438 g/mol. The number of hydrogen-bond donors (Lipinski definition) is 2. The lowest BCUT2D eigenvalue weighted by Crippen LogP contribution is -2.15. The second kappa shape index (κ2) is 8.18. The fourth-order valence-corrected chi connectivity index (χ4v) is 3.87. The molecule has 2 N–H and O–H groups in total. The van der Waals surface area contributed by atoms with Gasteiger partial charge in [-0.1, -0.05) is 41.4 Å². The van der Waals surface area contributed by atoms with Gasteiger partial charge < -0.3 is 5.32 Å². The maximum Gasteiger partial charge on any atom is 0.261 e. The molecule has 0 atom stereocenters. The molecule has 5 nitrogen and oxygen atoms in total. The quantitative estimate of drug-likeness (QED) is 0.575. The van der Waals surface area contributed by atoms with E-state index in [4.69, 9.17) is 23.2 Å². The molecular weight excluding hydrogens is 426 g/mol. The first-order valence-electron chi connectivity index (χ1n) is 7.90. The van der Waals surface area contributed by atoms with Gasteiger partial charge in [0.2, 0.25) is 0 Å². The molecule has 0 aliphatic carbocycles. The standard InChI is InChI=1S/C19H13Cl2FN2O3S/c20-16-11-13(24-28(26,27)14-4-2-1-3-5-14)6-8-15(16)19(25)23-12-7-9-18(22)17(21)10-12/h1-11,24H,(H,23,25). The fraction of sp³-hybridized carbons (Fsp3) is 0. The van der Waals surface area contributed by atoms with Gasteiger partial charge in [0.25, 0.3) is 15.9 Å². The van der Waals surface area contributed by atoms with Gasteiger partial charge >= 0.3 is 0 Å². The Bertz CT molecular complexity index is 1140. The predicted octanol–water partition coefficient (Wildman–Crippen LogP) is 5.19. The van der Waals surface area contributed by atoms with E-state index in [-0.39, 0.29) is 26.2 Å². The van der Waals surface area contributed by atoms with Gasteiger partial charge in [-0.05, 0) is 48.5 Å². The summed E-state index contributed by atoms with van der Waals surface area (Å²) in [5.41, 5.74) is 0.612. The van der Waals surface area contributed by atoms with Crippen molar-refractivity contribution in [3.63, 3.8) is 0 Å². The number of amides is 1. The molecule has 3 aromatic carbocycles. The molecule has 0 saturated carbocycles. The average molecular weight is 439 g/mol. The van der Waals surface area contributed by atoms with Crippen LogP contribution in [0.1, 0.15) is 10.4 Å². The number of benzene rings is 3. The van der Waals surface area contributed by atoms with Crippen molar-refractivity contribution < 1.29 is 17.6 Å². The zero-order chi connectivity index (χ0) is 20.3. The van der Waals surface area contributed by atoms with Crippen molar-refractivity contribution in [1.29, 1.82) is 0 Å². The van der Waals surface area contributed by atoms with Crippen molar-refractivity contribution in [2.75, 3.05) is 10.0 Å². The van der Waals surface area contributed by atoms with E-state index in [1.54, 1.807) is 18.2 Å². The van der Waals surface area contributed by atoms with E-state index in [0.717, 1.165) is 6.07 Å². The molecule has 3 aromatic rings. The summed E-state index contributed by atoms with van der Waals surface area (Å²) in [6, 6.07) is 15.7. The second-order valence-corrected chi connectivity index (χ2v) is 8.19. The van der Waals surface area contributed by atoms with E-state index in [2.05, 4.69) is 10.0 Å². The summed E-state index contributed by atoms with van der Waals surface area (Å²) < 4.78 is 40.3. The van der Waals surface area contributed by atoms with Crippen LogP contribution >= 0.6 is 23.2 Å². The molecule has 0 saturated heterocycles. The molecule has 0 radical (unpaired) electrons. The lowest BCUT2D eigenvalue weighted by molar-refractivity contribution is 0.102. The summed E-state index contributed by atoms with van der Waals surface area (Å²) >= 11 is 11.8. The molecule has 0 unspecified atom stereocenters. The Morgan fingerprint density at radius 1 is 0.857 bits per heavy atom. The van der Waals surface area contributed by atoms with E-state index in [9.17, 15) is 17.6 Å². The normalized spacial score (nSPS) is 11.1. The molecule has 0 aromatic heterocycles. The molecule has 0 heterocycles. The van der Waals surface area contributed by atoms with Crippen LogP contribution in [-0.4, -0.2) is 14.3 Å². The minimum Gasteiger partial charge on any atom is -0.322 e. The van der Waals surface area contributed by atoms with Crippen LogP contribution < -0.4 is 10.0 Å². The van der Waals surface area contributed by atoms with Crippen LogP contribution in [0.5, 0.6) is 0 Å². The van der Waals surface area contributed by atoms with Crippen LogP contribution in [0.2, 0.25) is 10.0 Å². The third-order valence-corrected chi connectivity index (χ3v) is 5.70. The number of carbonyl (C=O) groups excluding carboxylic acids is 1. The van der Waals surface area contributed by atoms with E-state index in [0.29, 0.717) is 5.69 Å². The highest BCUT2D eigenvalue weighted by atomic mass is 35.5. The smallest absolute Gasteiger partial charge is 0.261 e. The molecule has 0 bridgehead atoms. The van der Waals surface area contributed by atoms with Crippen LogP contribution in [0.15, 0.2) is 71.6 Å². The first kappa shape index (κ1) is 20.1. The van der Waals surface area contributed by atoms with Crippen LogP contribution in [0.25, 0.3) is 0 Å². The van der Waals surface area contributed by atoms with Gasteiger partial charge in [-0.2, -0.15) is 0 Å². The summed E-state index contributed by atoms with van der Waals surface area (Å²) in [5.74, 6) is -1.15. The van der Waals surface area contributed by atoms with Gasteiger partial charge in [0, 0.05) is 5.69 Å². The van der Waals surface area contributed by atoms with Crippen molar-refractivity contribution >= 4 is 50.5 Å². The van der Waals surface area contributed by atoms with E-state index >= 15 is 0 Å². The van der Waals surface area contributed by atoms with Gasteiger partial charge in [-0.3, -0.25) is 9.52 Å². The van der Waals surface area contributed by atoms with Gasteiger partial charge in [-0.25, -0.2) is 12.8 Å². The van der Waals surface area contributed by atoms with E-state index < -0.39 is 21.7 Å². The van der Waals surface area contributed by atoms with Gasteiger partial charge in [0.15, 0.2) is 0 Å². The van der Waals surface area contributed by atoms with Crippen molar-refractivity contribution in [3.05, 3.63) is 88.2 Å². The Hall–Kier alpha value is -2.61. The van der Waals surface area contributed by atoms with Gasteiger partial charge in [0.1, 0.15) is 5.82 Å². The van der Waals surface area contributed by atoms with E-state index in [1.807, 2.05) is 0 Å². The topological polar surface area (TPSA) is 75.3 Å². The Morgan fingerprint density at radius 3 is 2.14 bits per heavy atom. The number of hydrogen-bond acceptors (Lipinski definition) is 3. The molecule has 0 aliphatic heterocycles. The molecule has 144 valence electrons. The summed E-state index contributed by atoms with van der Waals surface area (Å²) in [4.78, 5) is 12.5. The van der Waals surface area contributed by atoms with Gasteiger partial charge in [-0.15, -0.1) is 0 Å². The van der Waals surface area contributed by atoms with Gasteiger partial charge in [0.05, 0.1) is 26.2 Å². The zero-order valence-corrected chi connectivity index (χ0v) is 16.4. The van der Waals surface area contributed by atoms with Crippen LogP contribution in [0.3, 0.4) is 0 Å². The predicted molar refractivity (Wildman–Crippen MR) is 108 cm³/mol. The highest BCUT2D eigenvalue weighted by Gasteiger charge is 2.16. The number of halogens is 3. The Morgan fingerprint density at radius 2 is 1.50 bits per heavy atom. The number of sulfonamides is 1. The Kier molecular flexibility index (Phi) is 5.88. The summed E-state index contributed by atoms with van der Waals surface area (Å²) in [6.45, 7) is 0. The molecule has 0 aliphatic rings. The van der Waals surface area contributed by atoms with Crippen LogP contribution in [0, 0.1) is 5.82 Å². The third kappa shape index (κ3) is 4.62. The molecular formula is C19H13Cl2FN2O3S. The molecule has 0 fully saturated rings. The van der Waals surface area contributed by atoms with Crippen molar-refractivity contribution in [1.82, 2.24) is 0 Å². The number of rotatable bonds is 5. The number of anilines is 2. The highest BCUT2D eigenvalue weighted by Crippen LogP contribution is 2.25. The molecule has 1 amide bonds. The maximum absolute atomic E-state index is 13.2. The van der Waals surface area contributed by atoms with Crippen molar-refractivity contribution in [2.45, 2.75) is 4.90 Å². The van der Waals surface area contributed by atoms with Crippen LogP contribution in [0.4, 0.5) is 15.8 Å². The minimum absolute atomic E-state index is 0.0407. The summed E-state index contributed by atoms with van der Waals surface area (Å²) in [5, 5.41) is 2.46. The molecule has 0 spiro atoms. The Labute approximate surface area is 171 Å². The third-order valence-electron chi connectivity index (χ3n) is 3.70. The molecule has 3 rings (SSSR count). The lowest BCUT2D eigenvalue weighted by atomic mass is 10.2. The van der Waals surface area contributed by atoms with Crippen molar-refractivity contribution in [3.8, 4) is 0 Å². The van der Waals surface area contributed by atoms with E-state index in [1.165, 1.54) is 42.5 Å². The minimum atomic E-state index is -3.78. The summed E-state index contributed by atoms with van der Waals surface area (Å²) in [7, 11) is -3.78. The summed E-state index contributed by atoms with van der Waals surface area (Å²) in [6.07, 6.45) is 0. The lowest BCUT2D eigenvalue weighted by Gasteiger charge is -2.11. The fourth-order valence-electron chi connectivity index (χ4n) is 2.35. The zero-order valence-electron chi connectivity index (χ0n) is 14.1. The Balaban J connectivity index is 1.78. The number of carbonyl (C=O) groups is 1. The van der Waals surface area contributed by atoms with Crippen molar-refractivity contribution in [2.24, 2.45) is 0 Å². The largest absolute Gasteiger partial charge is 0.322 e.